The van der Waals surface area contributed by atoms with Gasteiger partial charge < -0.3 is 14.7 Å². The summed E-state index contributed by atoms with van der Waals surface area (Å²) in [5, 5.41) is 10.5. The molecule has 0 aromatic carbocycles. The van der Waals surface area contributed by atoms with E-state index >= 15 is 0 Å². The minimum Gasteiger partial charge on any atom is -0.384 e. The van der Waals surface area contributed by atoms with Gasteiger partial charge in [-0.25, -0.2) is 0 Å². The van der Waals surface area contributed by atoms with Gasteiger partial charge in [0.25, 0.3) is 5.91 Å². The van der Waals surface area contributed by atoms with Crippen LogP contribution in [0.4, 0.5) is 0 Å². The quantitative estimate of drug-likeness (QED) is 0.831. The maximum Gasteiger partial charge on any atom is 0.254 e. The molecular weight excluding hydrogens is 262 g/mol. The molecule has 1 amide bonds. The SMILES string of the molecule is CC1OCCC1N(C)C(=O)c1csc(C#CCO)c1. The van der Waals surface area contributed by atoms with E-state index in [0.717, 1.165) is 11.3 Å². The molecule has 2 rings (SSSR count). The normalized spacial score (nSPS) is 21.8. The maximum atomic E-state index is 12.3. The first-order valence-electron chi connectivity index (χ1n) is 6.20. The summed E-state index contributed by atoms with van der Waals surface area (Å²) < 4.78 is 5.49. The van der Waals surface area contributed by atoms with Gasteiger partial charge in [0.2, 0.25) is 0 Å². The Morgan fingerprint density at radius 1 is 1.68 bits per heavy atom. The van der Waals surface area contributed by atoms with Crippen LogP contribution in [0.5, 0.6) is 0 Å². The summed E-state index contributed by atoms with van der Waals surface area (Å²) in [5.74, 6) is 5.39. The average Bonchev–Trinajstić information content (AvgIpc) is 3.03. The summed E-state index contributed by atoms with van der Waals surface area (Å²) >= 11 is 1.42. The molecular formula is C14H17NO3S. The molecule has 2 atom stereocenters. The fourth-order valence-corrected chi connectivity index (χ4v) is 2.97. The van der Waals surface area contributed by atoms with Gasteiger partial charge in [0, 0.05) is 19.0 Å². The zero-order valence-electron chi connectivity index (χ0n) is 11.0. The third-order valence-electron chi connectivity index (χ3n) is 3.29. The lowest BCUT2D eigenvalue weighted by atomic mass is 10.1. The van der Waals surface area contributed by atoms with Gasteiger partial charge >= 0.3 is 0 Å². The smallest absolute Gasteiger partial charge is 0.254 e. The second kappa shape index (κ2) is 6.20. The van der Waals surface area contributed by atoms with E-state index in [2.05, 4.69) is 11.8 Å². The van der Waals surface area contributed by atoms with Crippen molar-refractivity contribution in [1.29, 1.82) is 0 Å². The lowest BCUT2D eigenvalue weighted by molar-refractivity contribution is 0.0575. The van der Waals surface area contributed by atoms with Gasteiger partial charge in [0.05, 0.1) is 22.6 Å². The molecule has 1 aliphatic heterocycles. The summed E-state index contributed by atoms with van der Waals surface area (Å²) in [6.45, 7) is 2.53. The van der Waals surface area contributed by atoms with E-state index in [9.17, 15) is 4.79 Å². The molecule has 19 heavy (non-hydrogen) atoms. The first-order chi connectivity index (χ1) is 9.13. The number of hydrogen-bond donors (Lipinski definition) is 1. The fourth-order valence-electron chi connectivity index (χ4n) is 2.22. The second-order valence-electron chi connectivity index (χ2n) is 4.51. The van der Waals surface area contributed by atoms with Crippen molar-refractivity contribution in [1.82, 2.24) is 4.90 Å². The highest BCUT2D eigenvalue weighted by Crippen LogP contribution is 2.22. The molecule has 2 unspecified atom stereocenters. The van der Waals surface area contributed by atoms with Crippen molar-refractivity contribution in [2.24, 2.45) is 0 Å². The predicted octanol–water partition coefficient (Wildman–Crippen LogP) is 1.34. The van der Waals surface area contributed by atoms with Gasteiger partial charge in [-0.05, 0) is 19.4 Å². The zero-order chi connectivity index (χ0) is 13.8. The Hall–Kier alpha value is -1.35. The average molecular weight is 279 g/mol. The van der Waals surface area contributed by atoms with Crippen LogP contribution in [0.2, 0.25) is 0 Å². The number of likely N-dealkylation sites (N-methyl/N-ethyl adjacent to an activating group) is 1. The Kier molecular flexibility index (Phi) is 4.59. The lowest BCUT2D eigenvalue weighted by Crippen LogP contribution is -2.40. The Balaban J connectivity index is 2.08. The molecule has 0 saturated carbocycles. The minimum absolute atomic E-state index is 0.00403. The molecule has 2 heterocycles. The number of rotatable bonds is 2. The Morgan fingerprint density at radius 2 is 2.47 bits per heavy atom. The predicted molar refractivity (Wildman–Crippen MR) is 74.2 cm³/mol. The van der Waals surface area contributed by atoms with Crippen LogP contribution >= 0.6 is 11.3 Å². The molecule has 5 heteroatoms. The van der Waals surface area contributed by atoms with Gasteiger partial charge in [-0.1, -0.05) is 11.8 Å². The number of hydrogen-bond acceptors (Lipinski definition) is 4. The van der Waals surface area contributed by atoms with Gasteiger partial charge in [-0.2, -0.15) is 0 Å². The summed E-state index contributed by atoms with van der Waals surface area (Å²) in [6, 6.07) is 1.91. The lowest BCUT2D eigenvalue weighted by Gasteiger charge is -2.26. The van der Waals surface area contributed by atoms with E-state index < -0.39 is 0 Å². The summed E-state index contributed by atoms with van der Waals surface area (Å²) in [5.41, 5.74) is 0.647. The molecule has 4 nitrogen and oxygen atoms in total. The van der Waals surface area contributed by atoms with Crippen LogP contribution in [0.1, 0.15) is 28.6 Å². The summed E-state index contributed by atoms with van der Waals surface area (Å²) in [6.07, 6.45) is 0.964. The van der Waals surface area contributed by atoms with E-state index in [4.69, 9.17) is 9.84 Å². The molecule has 1 aliphatic rings. The van der Waals surface area contributed by atoms with Crippen LogP contribution in [-0.2, 0) is 4.74 Å². The van der Waals surface area contributed by atoms with Crippen molar-refractivity contribution >= 4 is 17.2 Å². The molecule has 102 valence electrons. The zero-order valence-corrected chi connectivity index (χ0v) is 11.9. The van der Waals surface area contributed by atoms with Crippen LogP contribution in [-0.4, -0.2) is 48.3 Å². The molecule has 0 aliphatic carbocycles. The largest absolute Gasteiger partial charge is 0.384 e. The topological polar surface area (TPSA) is 49.8 Å². The Morgan fingerprint density at radius 3 is 3.11 bits per heavy atom. The van der Waals surface area contributed by atoms with Gasteiger partial charge in [-0.15, -0.1) is 11.3 Å². The molecule has 0 radical (unpaired) electrons. The van der Waals surface area contributed by atoms with Gasteiger partial charge in [0.15, 0.2) is 0 Å². The van der Waals surface area contributed by atoms with Crippen molar-refractivity contribution < 1.29 is 14.6 Å². The molecule has 0 spiro atoms. The number of nitrogens with zero attached hydrogens (tertiary/aromatic N) is 1. The number of ether oxygens (including phenoxy) is 1. The first-order valence-corrected chi connectivity index (χ1v) is 7.08. The Bertz CT molecular complexity index is 514. The second-order valence-corrected chi connectivity index (χ2v) is 5.42. The van der Waals surface area contributed by atoms with Gasteiger partial charge in [0.1, 0.15) is 6.61 Å². The van der Waals surface area contributed by atoms with Gasteiger partial charge in [-0.3, -0.25) is 4.79 Å². The fraction of sp³-hybridized carbons (Fsp3) is 0.500. The highest BCUT2D eigenvalue weighted by atomic mass is 32.1. The van der Waals surface area contributed by atoms with Crippen molar-refractivity contribution in [3.8, 4) is 11.8 Å². The van der Waals surface area contributed by atoms with Crippen LogP contribution in [0.3, 0.4) is 0 Å². The van der Waals surface area contributed by atoms with E-state index in [1.165, 1.54) is 11.3 Å². The van der Waals surface area contributed by atoms with Crippen LogP contribution in [0.15, 0.2) is 11.4 Å². The number of thiophene rings is 1. The van der Waals surface area contributed by atoms with E-state index in [1.807, 2.05) is 14.0 Å². The molecule has 1 aromatic heterocycles. The Labute approximate surface area is 117 Å². The van der Waals surface area contributed by atoms with Crippen molar-refractivity contribution in [2.75, 3.05) is 20.3 Å². The van der Waals surface area contributed by atoms with E-state index in [0.29, 0.717) is 12.2 Å². The van der Waals surface area contributed by atoms with Crippen molar-refractivity contribution in [3.05, 3.63) is 21.9 Å². The minimum atomic E-state index is -0.169. The maximum absolute atomic E-state index is 12.3. The van der Waals surface area contributed by atoms with Crippen LogP contribution in [0, 0.1) is 11.8 Å². The molecule has 0 bridgehead atoms. The van der Waals surface area contributed by atoms with E-state index in [-0.39, 0.29) is 24.7 Å². The highest BCUT2D eigenvalue weighted by Gasteiger charge is 2.31. The summed E-state index contributed by atoms with van der Waals surface area (Å²) in [7, 11) is 1.81. The number of aliphatic hydroxyl groups is 1. The van der Waals surface area contributed by atoms with Crippen molar-refractivity contribution in [2.45, 2.75) is 25.5 Å². The van der Waals surface area contributed by atoms with Crippen molar-refractivity contribution in [3.63, 3.8) is 0 Å². The standard InChI is InChI=1S/C14H17NO3S/c1-10-13(5-7-18-10)15(2)14(17)11-8-12(19-9-11)4-3-6-16/h8-10,13,16H,5-7H2,1-2H3. The van der Waals surface area contributed by atoms with Crippen LogP contribution < -0.4 is 0 Å². The number of aliphatic hydroxyl groups excluding tert-OH is 1. The monoisotopic (exact) mass is 279 g/mol. The molecule has 1 fully saturated rings. The third-order valence-corrected chi connectivity index (χ3v) is 4.14. The third kappa shape index (κ3) is 3.16. The van der Waals surface area contributed by atoms with Crippen LogP contribution in [0.25, 0.3) is 0 Å². The van der Waals surface area contributed by atoms with E-state index in [1.54, 1.807) is 16.3 Å². The summed E-state index contributed by atoms with van der Waals surface area (Å²) in [4.78, 5) is 14.9. The number of amides is 1. The molecule has 1 N–H and O–H groups in total. The first kappa shape index (κ1) is 14.1. The molecule has 1 saturated heterocycles. The number of carbonyl (C=O) groups is 1. The number of carbonyl (C=O) groups excluding carboxylic acids is 1. The molecule has 1 aromatic rings. The highest BCUT2D eigenvalue weighted by molar-refractivity contribution is 7.10.